The molecular formula is C17H25BrN4O. The van der Waals surface area contributed by atoms with Crippen LogP contribution in [0.15, 0.2) is 10.7 Å². The van der Waals surface area contributed by atoms with Crippen LogP contribution in [-0.4, -0.2) is 33.3 Å². The number of hydrogen-bond acceptors (Lipinski definition) is 2. The standard InChI is InChI=1S/C17H25BrN4O/c1-21(10-15-14(18)9-19-22(15)2)16(23)20-17-6-11-3-12(7-17)5-13(4-11)8-17/h9,11-13H,3-8,10H2,1-2H3,(H,20,23). The minimum absolute atomic E-state index is 0.0556. The highest BCUT2D eigenvalue weighted by molar-refractivity contribution is 9.10. The van der Waals surface area contributed by atoms with Crippen molar-refractivity contribution in [3.8, 4) is 0 Å². The molecule has 0 aliphatic heterocycles. The Bertz CT molecular complexity index is 571. The number of carbonyl (C=O) groups excluding carboxylic acids is 1. The summed E-state index contributed by atoms with van der Waals surface area (Å²) in [5.74, 6) is 2.54. The molecule has 6 heteroatoms. The Morgan fingerprint density at radius 3 is 2.39 bits per heavy atom. The van der Waals surface area contributed by atoms with Gasteiger partial charge in [-0.2, -0.15) is 5.10 Å². The van der Waals surface area contributed by atoms with Crippen LogP contribution in [0.2, 0.25) is 0 Å². The Labute approximate surface area is 145 Å². The van der Waals surface area contributed by atoms with E-state index in [0.29, 0.717) is 6.54 Å². The van der Waals surface area contributed by atoms with Crippen molar-refractivity contribution in [2.75, 3.05) is 7.05 Å². The molecule has 4 aliphatic carbocycles. The second-order valence-electron chi connectivity index (χ2n) is 8.05. The Balaban J connectivity index is 1.43. The number of rotatable bonds is 3. The van der Waals surface area contributed by atoms with Gasteiger partial charge in [0.05, 0.1) is 22.9 Å². The van der Waals surface area contributed by atoms with Gasteiger partial charge in [-0.3, -0.25) is 4.68 Å². The van der Waals surface area contributed by atoms with E-state index in [1.165, 1.54) is 38.5 Å². The fourth-order valence-electron chi connectivity index (χ4n) is 5.50. The zero-order chi connectivity index (χ0) is 16.2. The lowest BCUT2D eigenvalue weighted by atomic mass is 9.53. The first-order valence-corrected chi connectivity index (χ1v) is 9.43. The van der Waals surface area contributed by atoms with Gasteiger partial charge in [-0.15, -0.1) is 0 Å². The smallest absolute Gasteiger partial charge is 0.317 e. The first-order valence-electron chi connectivity index (χ1n) is 8.64. The average Bonchev–Trinajstić information content (AvgIpc) is 2.77. The third-order valence-corrected chi connectivity index (χ3v) is 6.82. The molecule has 1 heterocycles. The minimum Gasteiger partial charge on any atom is -0.333 e. The van der Waals surface area contributed by atoms with E-state index >= 15 is 0 Å². The predicted molar refractivity (Wildman–Crippen MR) is 91.8 cm³/mol. The highest BCUT2D eigenvalue weighted by Gasteiger charge is 2.51. The van der Waals surface area contributed by atoms with Crippen molar-refractivity contribution in [3.63, 3.8) is 0 Å². The summed E-state index contributed by atoms with van der Waals surface area (Å²) < 4.78 is 2.77. The molecule has 4 bridgehead atoms. The molecule has 0 spiro atoms. The van der Waals surface area contributed by atoms with Gasteiger partial charge in [-0.1, -0.05) is 0 Å². The number of hydrogen-bond donors (Lipinski definition) is 1. The van der Waals surface area contributed by atoms with Crippen molar-refractivity contribution in [2.24, 2.45) is 24.8 Å². The Morgan fingerprint density at radius 2 is 1.91 bits per heavy atom. The van der Waals surface area contributed by atoms with Crippen molar-refractivity contribution in [1.29, 1.82) is 0 Å². The van der Waals surface area contributed by atoms with Crippen LogP contribution in [0.1, 0.15) is 44.2 Å². The number of urea groups is 1. The lowest BCUT2D eigenvalue weighted by Crippen LogP contribution is -2.61. The number of carbonyl (C=O) groups is 1. The van der Waals surface area contributed by atoms with Crippen LogP contribution in [-0.2, 0) is 13.6 Å². The van der Waals surface area contributed by atoms with Crippen LogP contribution in [0.3, 0.4) is 0 Å². The maximum Gasteiger partial charge on any atom is 0.317 e. The van der Waals surface area contributed by atoms with Crippen LogP contribution in [0, 0.1) is 17.8 Å². The van der Waals surface area contributed by atoms with Crippen molar-refractivity contribution >= 4 is 22.0 Å². The van der Waals surface area contributed by atoms with Gasteiger partial charge in [0, 0.05) is 19.6 Å². The van der Waals surface area contributed by atoms with E-state index in [9.17, 15) is 4.79 Å². The molecule has 0 saturated heterocycles. The molecule has 126 valence electrons. The van der Waals surface area contributed by atoms with E-state index in [1.54, 1.807) is 11.1 Å². The van der Waals surface area contributed by atoms with Gasteiger partial charge >= 0.3 is 6.03 Å². The van der Waals surface area contributed by atoms with Crippen molar-refractivity contribution < 1.29 is 4.79 Å². The zero-order valence-corrected chi connectivity index (χ0v) is 15.5. The van der Waals surface area contributed by atoms with Gasteiger partial charge in [-0.25, -0.2) is 4.79 Å². The Hall–Kier alpha value is -1.04. The zero-order valence-electron chi connectivity index (χ0n) is 13.9. The van der Waals surface area contributed by atoms with E-state index in [-0.39, 0.29) is 11.6 Å². The summed E-state index contributed by atoms with van der Waals surface area (Å²) in [4.78, 5) is 14.5. The van der Waals surface area contributed by atoms with Gasteiger partial charge in [-0.05, 0) is 72.2 Å². The molecule has 0 aromatic carbocycles. The summed E-state index contributed by atoms with van der Waals surface area (Å²) in [6.45, 7) is 0.565. The third kappa shape index (κ3) is 2.79. The van der Waals surface area contributed by atoms with Crippen LogP contribution in [0.5, 0.6) is 0 Å². The number of nitrogens with zero attached hydrogens (tertiary/aromatic N) is 3. The second-order valence-corrected chi connectivity index (χ2v) is 8.90. The molecule has 23 heavy (non-hydrogen) atoms. The monoisotopic (exact) mass is 380 g/mol. The fraction of sp³-hybridized carbons (Fsp3) is 0.765. The molecule has 1 aromatic heterocycles. The Kier molecular flexibility index (Phi) is 3.70. The molecule has 4 fully saturated rings. The van der Waals surface area contributed by atoms with Gasteiger partial charge < -0.3 is 10.2 Å². The van der Waals surface area contributed by atoms with Crippen molar-refractivity contribution in [1.82, 2.24) is 20.0 Å². The van der Waals surface area contributed by atoms with Gasteiger partial charge in [0.15, 0.2) is 0 Å². The number of amides is 2. The molecule has 0 atom stereocenters. The molecule has 1 aromatic rings. The highest BCUT2D eigenvalue weighted by atomic mass is 79.9. The predicted octanol–water partition coefficient (Wildman–Crippen LogP) is 3.29. The van der Waals surface area contributed by atoms with Crippen molar-refractivity contribution in [2.45, 2.75) is 50.6 Å². The van der Waals surface area contributed by atoms with Crippen LogP contribution in [0.25, 0.3) is 0 Å². The SMILES string of the molecule is CN(Cc1c(Br)cnn1C)C(=O)NC12CC3CC(CC(C3)C1)C2. The second kappa shape index (κ2) is 5.50. The lowest BCUT2D eigenvalue weighted by molar-refractivity contribution is -0.0154. The summed E-state index contributed by atoms with van der Waals surface area (Å²) in [5.41, 5.74) is 1.09. The van der Waals surface area contributed by atoms with E-state index in [4.69, 9.17) is 0 Å². The summed E-state index contributed by atoms with van der Waals surface area (Å²) in [6, 6.07) is 0.0556. The van der Waals surface area contributed by atoms with Crippen molar-refractivity contribution in [3.05, 3.63) is 16.4 Å². The summed E-state index contributed by atoms with van der Waals surface area (Å²) >= 11 is 3.51. The highest BCUT2D eigenvalue weighted by Crippen LogP contribution is 2.55. The van der Waals surface area contributed by atoms with E-state index in [0.717, 1.165) is 27.9 Å². The number of aryl methyl sites for hydroxylation is 1. The Morgan fingerprint density at radius 1 is 1.35 bits per heavy atom. The molecule has 0 radical (unpaired) electrons. The first kappa shape index (κ1) is 15.5. The maximum absolute atomic E-state index is 12.7. The number of aromatic nitrogens is 2. The summed E-state index contributed by atoms with van der Waals surface area (Å²) in [6.07, 6.45) is 9.53. The van der Waals surface area contributed by atoms with E-state index in [2.05, 4.69) is 26.3 Å². The van der Waals surface area contributed by atoms with Gasteiger partial charge in [0.2, 0.25) is 0 Å². The quantitative estimate of drug-likeness (QED) is 0.874. The minimum atomic E-state index is 0.0556. The van der Waals surface area contributed by atoms with Gasteiger partial charge in [0.25, 0.3) is 0 Å². The van der Waals surface area contributed by atoms with Crippen LogP contribution >= 0.6 is 15.9 Å². The first-order chi connectivity index (χ1) is 10.9. The number of halogens is 1. The third-order valence-electron chi connectivity index (χ3n) is 6.15. The summed E-state index contributed by atoms with van der Waals surface area (Å²) in [5, 5.41) is 7.64. The van der Waals surface area contributed by atoms with E-state index in [1.807, 2.05) is 18.8 Å². The average molecular weight is 381 g/mol. The molecule has 1 N–H and O–H groups in total. The molecule has 5 nitrogen and oxygen atoms in total. The molecule has 4 saturated carbocycles. The molecule has 0 unspecified atom stereocenters. The largest absolute Gasteiger partial charge is 0.333 e. The number of nitrogens with one attached hydrogen (secondary N) is 1. The van der Waals surface area contributed by atoms with Gasteiger partial charge in [0.1, 0.15) is 0 Å². The van der Waals surface area contributed by atoms with E-state index < -0.39 is 0 Å². The molecule has 5 rings (SSSR count). The lowest BCUT2D eigenvalue weighted by Gasteiger charge is -2.57. The van der Waals surface area contributed by atoms with Crippen LogP contribution in [0.4, 0.5) is 4.79 Å². The normalized spacial score (nSPS) is 34.7. The summed E-state index contributed by atoms with van der Waals surface area (Å²) in [7, 11) is 3.78. The topological polar surface area (TPSA) is 50.2 Å². The molecule has 4 aliphatic rings. The fourth-order valence-corrected chi connectivity index (χ4v) is 5.97. The molecular weight excluding hydrogens is 356 g/mol. The molecule has 2 amide bonds. The van der Waals surface area contributed by atoms with Crippen LogP contribution < -0.4 is 5.32 Å². The maximum atomic E-state index is 12.7.